The number of hydrogen-bond acceptors (Lipinski definition) is 4. The quantitative estimate of drug-likeness (QED) is 0.850. The first kappa shape index (κ1) is 12.5. The molecular weight excluding hydrogens is 236 g/mol. The first-order chi connectivity index (χ1) is 8.24. The maximum atomic E-state index is 11.7. The Bertz CT molecular complexity index is 372. The summed E-state index contributed by atoms with van der Waals surface area (Å²) >= 11 is 1.90. The Labute approximate surface area is 106 Å². The lowest BCUT2D eigenvalue weighted by atomic mass is 10.2. The van der Waals surface area contributed by atoms with Gasteiger partial charge in [0.25, 0.3) is 0 Å². The maximum Gasteiger partial charge on any atom is 0.221 e. The fourth-order valence-corrected chi connectivity index (χ4v) is 2.76. The van der Waals surface area contributed by atoms with E-state index in [0.29, 0.717) is 19.0 Å². The van der Waals surface area contributed by atoms with Crippen LogP contribution in [-0.2, 0) is 11.3 Å². The van der Waals surface area contributed by atoms with Crippen molar-refractivity contribution in [2.45, 2.75) is 25.9 Å². The van der Waals surface area contributed by atoms with Crippen LogP contribution < -0.4 is 10.6 Å². The van der Waals surface area contributed by atoms with E-state index in [-0.39, 0.29) is 5.91 Å². The maximum absolute atomic E-state index is 11.7. The van der Waals surface area contributed by atoms with Crippen molar-refractivity contribution in [2.24, 2.45) is 0 Å². The summed E-state index contributed by atoms with van der Waals surface area (Å²) in [5.41, 5.74) is 0. The minimum Gasteiger partial charge on any atom is -0.465 e. The topological polar surface area (TPSA) is 54.3 Å². The lowest BCUT2D eigenvalue weighted by molar-refractivity contribution is -0.121. The van der Waals surface area contributed by atoms with E-state index in [1.807, 2.05) is 30.8 Å². The first-order valence-corrected chi connectivity index (χ1v) is 7.02. The van der Waals surface area contributed by atoms with E-state index in [1.54, 1.807) is 0 Å². The molecule has 2 heterocycles. The molecule has 1 saturated heterocycles. The summed E-state index contributed by atoms with van der Waals surface area (Å²) in [5.74, 6) is 3.93. The van der Waals surface area contributed by atoms with E-state index < -0.39 is 0 Å². The summed E-state index contributed by atoms with van der Waals surface area (Å²) in [6, 6.07) is 4.11. The molecule has 1 aliphatic heterocycles. The van der Waals surface area contributed by atoms with Crippen molar-refractivity contribution in [3.05, 3.63) is 23.7 Å². The van der Waals surface area contributed by atoms with Gasteiger partial charge >= 0.3 is 0 Å². The molecule has 1 amide bonds. The Kier molecular flexibility index (Phi) is 4.50. The van der Waals surface area contributed by atoms with E-state index in [1.165, 1.54) is 0 Å². The zero-order valence-electron chi connectivity index (χ0n) is 9.99. The molecule has 1 aromatic heterocycles. The monoisotopic (exact) mass is 254 g/mol. The van der Waals surface area contributed by atoms with Gasteiger partial charge in [-0.3, -0.25) is 4.79 Å². The highest BCUT2D eigenvalue weighted by Crippen LogP contribution is 2.10. The van der Waals surface area contributed by atoms with E-state index in [9.17, 15) is 4.79 Å². The molecule has 2 N–H and O–H groups in total. The van der Waals surface area contributed by atoms with Gasteiger partial charge in [-0.05, 0) is 19.1 Å². The number of carbonyl (C=O) groups is 1. The molecule has 0 spiro atoms. The molecular formula is C12H18N2O2S. The molecule has 5 heteroatoms. The number of carbonyl (C=O) groups excluding carboxylic acids is 1. The number of amides is 1. The van der Waals surface area contributed by atoms with Gasteiger partial charge in [-0.2, -0.15) is 11.8 Å². The third-order valence-electron chi connectivity index (χ3n) is 2.69. The summed E-state index contributed by atoms with van der Waals surface area (Å²) in [5, 5.41) is 6.22. The van der Waals surface area contributed by atoms with Crippen molar-refractivity contribution in [3.63, 3.8) is 0 Å². The summed E-state index contributed by atoms with van der Waals surface area (Å²) in [6.45, 7) is 3.38. The van der Waals surface area contributed by atoms with Crippen LogP contribution in [0.2, 0.25) is 0 Å². The van der Waals surface area contributed by atoms with Gasteiger partial charge < -0.3 is 15.1 Å². The summed E-state index contributed by atoms with van der Waals surface area (Å²) in [7, 11) is 0. The second-order valence-electron chi connectivity index (χ2n) is 4.22. The predicted molar refractivity (Wildman–Crippen MR) is 69.0 cm³/mol. The molecule has 0 saturated carbocycles. The number of furan rings is 1. The molecule has 0 aromatic carbocycles. The lowest BCUT2D eigenvalue weighted by Crippen LogP contribution is -2.41. The van der Waals surface area contributed by atoms with Crippen molar-refractivity contribution in [2.75, 3.05) is 18.1 Å². The zero-order chi connectivity index (χ0) is 12.1. The van der Waals surface area contributed by atoms with Crippen molar-refractivity contribution >= 4 is 17.7 Å². The Hall–Kier alpha value is -0.940. The minimum absolute atomic E-state index is 0.0825. The Morgan fingerprint density at radius 2 is 2.53 bits per heavy atom. The van der Waals surface area contributed by atoms with Crippen LogP contribution >= 0.6 is 11.8 Å². The molecule has 2 rings (SSSR count). The molecule has 1 fully saturated rings. The average Bonchev–Trinajstić information content (AvgIpc) is 2.74. The van der Waals surface area contributed by atoms with Crippen LogP contribution in [0, 0.1) is 6.92 Å². The highest BCUT2D eigenvalue weighted by Gasteiger charge is 2.16. The average molecular weight is 254 g/mol. The number of aryl methyl sites for hydroxylation is 1. The van der Waals surface area contributed by atoms with Crippen molar-refractivity contribution in [1.82, 2.24) is 10.6 Å². The molecule has 94 valence electrons. The summed E-state index contributed by atoms with van der Waals surface area (Å²) in [4.78, 5) is 11.7. The molecule has 1 atom stereocenters. The fraction of sp³-hybridized carbons (Fsp3) is 0.583. The summed E-state index contributed by atoms with van der Waals surface area (Å²) in [6.07, 6.45) is 0.548. The van der Waals surface area contributed by atoms with Gasteiger partial charge in [0.1, 0.15) is 11.5 Å². The largest absolute Gasteiger partial charge is 0.465 e. The zero-order valence-corrected chi connectivity index (χ0v) is 10.8. The lowest BCUT2D eigenvalue weighted by Gasteiger charge is -2.22. The number of rotatable bonds is 4. The molecule has 1 unspecified atom stereocenters. The van der Waals surface area contributed by atoms with Gasteiger partial charge in [-0.15, -0.1) is 0 Å². The molecule has 0 bridgehead atoms. The van der Waals surface area contributed by atoms with E-state index >= 15 is 0 Å². The van der Waals surface area contributed by atoms with E-state index in [4.69, 9.17) is 4.42 Å². The van der Waals surface area contributed by atoms with Crippen LogP contribution in [-0.4, -0.2) is 30.0 Å². The third kappa shape index (κ3) is 4.09. The molecule has 0 aliphatic carbocycles. The summed E-state index contributed by atoms with van der Waals surface area (Å²) < 4.78 is 5.39. The van der Waals surface area contributed by atoms with Crippen LogP contribution in [0.25, 0.3) is 0 Å². The van der Waals surface area contributed by atoms with Crippen LogP contribution in [0.4, 0.5) is 0 Å². The van der Waals surface area contributed by atoms with Crippen molar-refractivity contribution < 1.29 is 9.21 Å². The smallest absolute Gasteiger partial charge is 0.221 e. The van der Waals surface area contributed by atoms with Gasteiger partial charge in [-0.1, -0.05) is 0 Å². The van der Waals surface area contributed by atoms with Crippen LogP contribution in [0.5, 0.6) is 0 Å². The highest BCUT2D eigenvalue weighted by atomic mass is 32.2. The highest BCUT2D eigenvalue weighted by molar-refractivity contribution is 7.99. The second kappa shape index (κ2) is 6.12. The number of thioether (sulfide) groups is 1. The van der Waals surface area contributed by atoms with Crippen LogP contribution in [0.15, 0.2) is 16.5 Å². The van der Waals surface area contributed by atoms with Crippen LogP contribution in [0.1, 0.15) is 17.9 Å². The third-order valence-corrected chi connectivity index (χ3v) is 3.82. The van der Waals surface area contributed by atoms with Crippen molar-refractivity contribution in [1.29, 1.82) is 0 Å². The SMILES string of the molecule is Cc1ccc(CNC(=O)CC2CSCCN2)o1. The van der Waals surface area contributed by atoms with Gasteiger partial charge in [0.05, 0.1) is 6.54 Å². The Balaban J connectivity index is 1.70. The minimum atomic E-state index is 0.0825. The van der Waals surface area contributed by atoms with Gasteiger partial charge in [0.2, 0.25) is 5.91 Å². The first-order valence-electron chi connectivity index (χ1n) is 5.87. The van der Waals surface area contributed by atoms with Crippen LogP contribution in [0.3, 0.4) is 0 Å². The van der Waals surface area contributed by atoms with Gasteiger partial charge in [-0.25, -0.2) is 0 Å². The molecule has 4 nitrogen and oxygen atoms in total. The van der Waals surface area contributed by atoms with E-state index in [2.05, 4.69) is 10.6 Å². The predicted octanol–water partition coefficient (Wildman–Crippen LogP) is 1.30. The van der Waals surface area contributed by atoms with Gasteiger partial charge in [0.15, 0.2) is 0 Å². The molecule has 1 aromatic rings. The Morgan fingerprint density at radius 3 is 3.18 bits per heavy atom. The standard InChI is InChI=1S/C12H18N2O2S/c1-9-2-3-11(16-9)7-14-12(15)6-10-8-17-5-4-13-10/h2-3,10,13H,4-8H2,1H3,(H,14,15). The Morgan fingerprint density at radius 1 is 1.65 bits per heavy atom. The fourth-order valence-electron chi connectivity index (χ4n) is 1.81. The molecule has 17 heavy (non-hydrogen) atoms. The van der Waals surface area contributed by atoms with Crippen molar-refractivity contribution in [3.8, 4) is 0 Å². The molecule has 0 radical (unpaired) electrons. The second-order valence-corrected chi connectivity index (χ2v) is 5.37. The number of hydrogen-bond donors (Lipinski definition) is 2. The number of nitrogens with one attached hydrogen (secondary N) is 2. The normalized spacial score (nSPS) is 20.2. The van der Waals surface area contributed by atoms with Gasteiger partial charge in [0, 0.05) is 30.5 Å². The molecule has 1 aliphatic rings. The van der Waals surface area contributed by atoms with E-state index in [0.717, 1.165) is 29.6 Å².